The molecule has 0 amide bonds. The zero-order valence-corrected chi connectivity index (χ0v) is 19.8. The van der Waals surface area contributed by atoms with Gasteiger partial charge in [0.2, 0.25) is 0 Å². The van der Waals surface area contributed by atoms with Crippen LogP contribution in [0.1, 0.15) is 52.7 Å². The fourth-order valence-electron chi connectivity index (χ4n) is 4.19. The topological polar surface area (TPSA) is 39.7 Å². The van der Waals surface area contributed by atoms with Crippen molar-refractivity contribution >= 4 is 8.32 Å². The Morgan fingerprint density at radius 2 is 1.76 bits per heavy atom. The lowest BCUT2D eigenvalue weighted by Gasteiger charge is -2.42. The fourth-order valence-corrected chi connectivity index (χ4v) is 5.48. The maximum atomic E-state index is 14.1. The Hall–Kier alpha value is -0.863. The van der Waals surface area contributed by atoms with Gasteiger partial charge in [0.05, 0.1) is 12.2 Å². The molecule has 0 spiro atoms. The highest BCUT2D eigenvalue weighted by Gasteiger charge is 2.56. The minimum Gasteiger partial charge on any atom is -0.410 e. The van der Waals surface area contributed by atoms with E-state index in [1.807, 2.05) is 20.9 Å². The summed E-state index contributed by atoms with van der Waals surface area (Å²) in [6.45, 7) is 14.7. The molecule has 2 aliphatic rings. The molecule has 1 aliphatic heterocycles. The summed E-state index contributed by atoms with van der Waals surface area (Å²) in [5.41, 5.74) is 0.655. The molecule has 164 valence electrons. The molecule has 1 heterocycles. The third-order valence-corrected chi connectivity index (χ3v) is 11.2. The summed E-state index contributed by atoms with van der Waals surface area (Å²) in [6, 6.07) is 4.21. The lowest BCUT2D eigenvalue weighted by atomic mass is 9.92. The third kappa shape index (κ3) is 4.44. The molecule has 0 radical (unpaired) electrons. The second-order valence-electron chi connectivity index (χ2n) is 10.3. The van der Waals surface area contributed by atoms with E-state index in [0.717, 1.165) is 6.42 Å². The van der Waals surface area contributed by atoms with Gasteiger partial charge in [-0.1, -0.05) is 26.8 Å². The molecule has 3 rings (SSSR count). The van der Waals surface area contributed by atoms with Gasteiger partial charge in [0.1, 0.15) is 6.10 Å². The van der Waals surface area contributed by atoms with Crippen molar-refractivity contribution < 1.29 is 22.7 Å². The average Bonchev–Trinajstić information content (AvgIpc) is 3.07. The fraction of sp³-hybridized carbons (Fsp3) is 0.727. The van der Waals surface area contributed by atoms with E-state index in [9.17, 15) is 8.78 Å². The van der Waals surface area contributed by atoms with Crippen LogP contribution >= 0.6 is 0 Å². The van der Waals surface area contributed by atoms with Crippen LogP contribution in [-0.2, 0) is 13.9 Å². The van der Waals surface area contributed by atoms with Gasteiger partial charge in [-0.3, -0.25) is 0 Å². The number of nitrogens with one attached hydrogen (secondary N) is 1. The van der Waals surface area contributed by atoms with Crippen LogP contribution in [0.15, 0.2) is 18.2 Å². The number of likely N-dealkylation sites (N-methyl/N-ethyl adjacent to an activating group) is 1. The molecule has 5 unspecified atom stereocenters. The highest BCUT2D eigenvalue weighted by molar-refractivity contribution is 6.74. The lowest BCUT2D eigenvalue weighted by Crippen LogP contribution is -2.44. The van der Waals surface area contributed by atoms with Crippen molar-refractivity contribution in [3.8, 4) is 0 Å². The molecule has 1 aromatic rings. The van der Waals surface area contributed by atoms with Crippen LogP contribution in [-0.4, -0.2) is 39.4 Å². The largest absolute Gasteiger partial charge is 0.410 e. The Morgan fingerprint density at radius 3 is 2.31 bits per heavy atom. The summed E-state index contributed by atoms with van der Waals surface area (Å²) >= 11 is 0. The molecular weight excluding hydrogens is 392 g/mol. The minimum atomic E-state index is -2.19. The Labute approximate surface area is 174 Å². The van der Waals surface area contributed by atoms with E-state index in [1.54, 1.807) is 6.07 Å². The number of fused-ring (bicyclic) bond motifs is 1. The molecule has 1 saturated heterocycles. The molecule has 0 aromatic heterocycles. The highest BCUT2D eigenvalue weighted by Crippen LogP contribution is 2.50. The van der Waals surface area contributed by atoms with Gasteiger partial charge in [0, 0.05) is 12.0 Å². The van der Waals surface area contributed by atoms with Crippen molar-refractivity contribution in [2.24, 2.45) is 5.92 Å². The van der Waals surface area contributed by atoms with E-state index in [0.29, 0.717) is 5.56 Å². The maximum Gasteiger partial charge on any atom is 0.192 e. The van der Waals surface area contributed by atoms with Crippen LogP contribution in [0.4, 0.5) is 8.78 Å². The van der Waals surface area contributed by atoms with Gasteiger partial charge in [-0.15, -0.1) is 0 Å². The van der Waals surface area contributed by atoms with E-state index >= 15 is 0 Å². The normalized spacial score (nSPS) is 30.4. The van der Waals surface area contributed by atoms with E-state index in [1.165, 1.54) is 12.1 Å². The molecule has 1 aromatic carbocycles. The van der Waals surface area contributed by atoms with Crippen LogP contribution in [0.5, 0.6) is 0 Å². The van der Waals surface area contributed by atoms with Crippen molar-refractivity contribution in [1.29, 1.82) is 0 Å². The number of halogens is 2. The van der Waals surface area contributed by atoms with Crippen molar-refractivity contribution in [2.75, 3.05) is 7.05 Å². The quantitative estimate of drug-likeness (QED) is 0.659. The van der Waals surface area contributed by atoms with Crippen LogP contribution in [0.25, 0.3) is 0 Å². The number of benzene rings is 1. The van der Waals surface area contributed by atoms with Crippen LogP contribution in [0.3, 0.4) is 0 Å². The van der Waals surface area contributed by atoms with E-state index < -0.39 is 31.8 Å². The smallest absolute Gasteiger partial charge is 0.192 e. The summed E-state index contributed by atoms with van der Waals surface area (Å²) in [4.78, 5) is 0. The molecule has 1 N–H and O–H groups in total. The molecule has 5 atom stereocenters. The number of ether oxygens (including phenoxy) is 2. The Morgan fingerprint density at radius 1 is 1.14 bits per heavy atom. The predicted molar refractivity (Wildman–Crippen MR) is 112 cm³/mol. The summed E-state index contributed by atoms with van der Waals surface area (Å²) < 4.78 is 47.0. The summed E-state index contributed by atoms with van der Waals surface area (Å²) in [5, 5.41) is 3.32. The van der Waals surface area contributed by atoms with Crippen molar-refractivity contribution in [3.05, 3.63) is 35.4 Å². The Kier molecular flexibility index (Phi) is 6.04. The van der Waals surface area contributed by atoms with Crippen molar-refractivity contribution in [2.45, 2.75) is 89.3 Å². The highest BCUT2D eigenvalue weighted by atomic mass is 28.4. The van der Waals surface area contributed by atoms with Crippen molar-refractivity contribution in [1.82, 2.24) is 5.32 Å². The van der Waals surface area contributed by atoms with Crippen LogP contribution in [0.2, 0.25) is 18.1 Å². The molecule has 7 heteroatoms. The van der Waals surface area contributed by atoms with Crippen LogP contribution in [0, 0.1) is 17.6 Å². The Bertz CT molecular complexity index is 750. The minimum absolute atomic E-state index is 0.0173. The standard InChI is InChI=1S/C22H35F2NO3Si/c1-21(2,3)29(7,8)28-18(13-9-10-15(23)16(24)11-13)14-12-17(25-6)20-19(14)26-22(4,5)27-20/h9-11,14,17-20,25H,12H2,1-8H3. The molecule has 29 heavy (non-hydrogen) atoms. The zero-order valence-electron chi connectivity index (χ0n) is 18.8. The molecule has 0 bridgehead atoms. The molecular formula is C22H35F2NO3Si. The summed E-state index contributed by atoms with van der Waals surface area (Å²) in [6.07, 6.45) is 0.107. The second-order valence-corrected chi connectivity index (χ2v) is 15.1. The first-order valence-corrected chi connectivity index (χ1v) is 13.3. The molecule has 1 saturated carbocycles. The summed E-state index contributed by atoms with van der Waals surface area (Å²) in [5.74, 6) is -2.41. The first-order valence-electron chi connectivity index (χ1n) is 10.4. The molecule has 1 aliphatic carbocycles. The Balaban J connectivity index is 2.02. The number of hydrogen-bond donors (Lipinski definition) is 1. The lowest BCUT2D eigenvalue weighted by molar-refractivity contribution is -0.162. The van der Waals surface area contributed by atoms with Gasteiger partial charge in [-0.2, -0.15) is 0 Å². The van der Waals surface area contributed by atoms with Gasteiger partial charge >= 0.3 is 0 Å². The zero-order chi connectivity index (χ0) is 21.8. The van der Waals surface area contributed by atoms with Crippen LogP contribution < -0.4 is 5.32 Å². The maximum absolute atomic E-state index is 14.1. The average molecular weight is 428 g/mol. The van der Waals surface area contributed by atoms with E-state index in [-0.39, 0.29) is 29.2 Å². The predicted octanol–water partition coefficient (Wildman–Crippen LogP) is 5.16. The first-order chi connectivity index (χ1) is 13.3. The third-order valence-electron chi connectivity index (χ3n) is 6.77. The van der Waals surface area contributed by atoms with E-state index in [4.69, 9.17) is 13.9 Å². The number of rotatable bonds is 5. The van der Waals surface area contributed by atoms with E-state index in [2.05, 4.69) is 39.2 Å². The molecule has 2 fully saturated rings. The van der Waals surface area contributed by atoms with Gasteiger partial charge in [-0.05, 0) is 63.1 Å². The van der Waals surface area contributed by atoms with Crippen molar-refractivity contribution in [3.63, 3.8) is 0 Å². The number of hydrogen-bond acceptors (Lipinski definition) is 4. The first kappa shape index (κ1) is 22.8. The monoisotopic (exact) mass is 427 g/mol. The van der Waals surface area contributed by atoms with Gasteiger partial charge in [0.15, 0.2) is 25.7 Å². The van der Waals surface area contributed by atoms with Gasteiger partial charge in [-0.25, -0.2) is 8.78 Å². The van der Waals surface area contributed by atoms with Gasteiger partial charge < -0.3 is 19.2 Å². The summed E-state index contributed by atoms with van der Waals surface area (Å²) in [7, 11) is -0.277. The molecule has 4 nitrogen and oxygen atoms in total. The SMILES string of the molecule is CNC1CC(C(O[Si](C)(C)C(C)(C)C)c2ccc(F)c(F)c2)C2OC(C)(C)OC12. The van der Waals surface area contributed by atoms with Gasteiger partial charge in [0.25, 0.3) is 0 Å². The second kappa shape index (κ2) is 7.68.